The maximum Gasteiger partial charge on any atom is 1.00 e. The van der Waals surface area contributed by atoms with E-state index in [1.54, 1.807) is 0 Å². The van der Waals surface area contributed by atoms with Gasteiger partial charge in [0, 0.05) is 13.1 Å². The predicted molar refractivity (Wildman–Crippen MR) is 96.8 cm³/mol. The van der Waals surface area contributed by atoms with E-state index in [1.807, 2.05) is 0 Å². The van der Waals surface area contributed by atoms with Crippen molar-refractivity contribution in [3.63, 3.8) is 0 Å². The van der Waals surface area contributed by atoms with E-state index in [-0.39, 0.29) is 72.2 Å². The van der Waals surface area contributed by atoms with E-state index in [0.717, 1.165) is 19.3 Å². The van der Waals surface area contributed by atoms with Crippen molar-refractivity contribution in [2.75, 3.05) is 19.6 Å². The van der Waals surface area contributed by atoms with Gasteiger partial charge in [-0.25, -0.2) is 0 Å². The van der Waals surface area contributed by atoms with E-state index >= 15 is 0 Å². The standard InChI is InChI=1S/C20H39NO4.2Na/c1-2-3-4-5-6-7-8-9-10-11-12-13-14-15-16-21(17-19(22)23)18-20(24)25;;/h2-18H2,1H3,(H,22,23)(H,24,25);;/q;2*+1/p-2. The van der Waals surface area contributed by atoms with Gasteiger partial charge in [0.25, 0.3) is 0 Å². The van der Waals surface area contributed by atoms with Crippen molar-refractivity contribution in [1.82, 2.24) is 4.90 Å². The first-order chi connectivity index (χ1) is 12.1. The number of nitrogens with zero attached hydrogens (tertiary/aromatic N) is 1. The number of rotatable bonds is 19. The molecule has 0 atom stereocenters. The number of carbonyl (C=O) groups is 2. The van der Waals surface area contributed by atoms with Crippen LogP contribution in [0.15, 0.2) is 0 Å². The minimum absolute atomic E-state index is 0. The molecule has 0 rings (SSSR count). The van der Waals surface area contributed by atoms with E-state index in [2.05, 4.69) is 6.92 Å². The van der Waals surface area contributed by atoms with Gasteiger partial charge < -0.3 is 19.8 Å². The van der Waals surface area contributed by atoms with Crippen LogP contribution in [0, 0.1) is 0 Å². The first-order valence-corrected chi connectivity index (χ1v) is 10.2. The van der Waals surface area contributed by atoms with Crippen LogP contribution >= 0.6 is 0 Å². The van der Waals surface area contributed by atoms with Gasteiger partial charge >= 0.3 is 59.1 Å². The molecule has 0 fully saturated rings. The van der Waals surface area contributed by atoms with E-state index < -0.39 is 11.9 Å². The molecule has 0 aliphatic rings. The van der Waals surface area contributed by atoms with Crippen LogP contribution in [0.2, 0.25) is 0 Å². The van der Waals surface area contributed by atoms with Crippen LogP contribution in [0.5, 0.6) is 0 Å². The van der Waals surface area contributed by atoms with Crippen molar-refractivity contribution in [3.05, 3.63) is 0 Å². The molecule has 0 spiro atoms. The Hall–Kier alpha value is 0.900. The second-order valence-electron chi connectivity index (χ2n) is 7.05. The molecule has 0 saturated carbocycles. The Bertz CT molecular complexity index is 328. The summed E-state index contributed by atoms with van der Waals surface area (Å²) >= 11 is 0. The summed E-state index contributed by atoms with van der Waals surface area (Å²) < 4.78 is 0. The topological polar surface area (TPSA) is 83.5 Å². The fraction of sp³-hybridized carbons (Fsp3) is 0.900. The van der Waals surface area contributed by atoms with E-state index in [9.17, 15) is 19.8 Å². The molecule has 0 amide bonds. The summed E-state index contributed by atoms with van der Waals surface area (Å²) in [5.41, 5.74) is 0. The third-order valence-corrected chi connectivity index (χ3v) is 4.53. The summed E-state index contributed by atoms with van der Waals surface area (Å²) in [4.78, 5) is 22.5. The summed E-state index contributed by atoms with van der Waals surface area (Å²) in [5, 5.41) is 21.1. The van der Waals surface area contributed by atoms with Crippen LogP contribution in [0.25, 0.3) is 0 Å². The molecule has 148 valence electrons. The fourth-order valence-electron chi connectivity index (χ4n) is 3.11. The third-order valence-electron chi connectivity index (χ3n) is 4.53. The number of aliphatic carboxylic acids is 2. The molecule has 5 nitrogen and oxygen atoms in total. The van der Waals surface area contributed by atoms with Crippen LogP contribution in [-0.4, -0.2) is 36.5 Å². The van der Waals surface area contributed by atoms with Crippen LogP contribution < -0.4 is 69.3 Å². The molecule has 0 bridgehead atoms. The van der Waals surface area contributed by atoms with E-state index in [4.69, 9.17) is 0 Å². The minimum Gasteiger partial charge on any atom is -0.549 e. The Morgan fingerprint density at radius 2 is 0.889 bits per heavy atom. The zero-order valence-electron chi connectivity index (χ0n) is 18.1. The van der Waals surface area contributed by atoms with Crippen molar-refractivity contribution in [2.24, 2.45) is 0 Å². The Balaban J connectivity index is -0.00000288. The largest absolute Gasteiger partial charge is 1.00 e. The Kier molecular flexibility index (Phi) is 30.1. The molecular weight excluding hydrogens is 364 g/mol. The Morgan fingerprint density at radius 3 is 1.19 bits per heavy atom. The molecule has 0 aromatic rings. The van der Waals surface area contributed by atoms with Crippen molar-refractivity contribution in [3.8, 4) is 0 Å². The first kappa shape index (κ1) is 32.6. The molecule has 0 aromatic carbocycles. The molecule has 0 aliphatic carbocycles. The number of hydrogen-bond donors (Lipinski definition) is 0. The molecule has 7 heteroatoms. The molecule has 0 unspecified atom stereocenters. The zero-order chi connectivity index (χ0) is 18.8. The van der Waals surface area contributed by atoms with Gasteiger partial charge in [0.2, 0.25) is 0 Å². The number of hydrogen-bond acceptors (Lipinski definition) is 5. The molecule has 0 aromatic heterocycles. The first-order valence-electron chi connectivity index (χ1n) is 10.2. The van der Waals surface area contributed by atoms with Crippen molar-refractivity contribution in [2.45, 2.75) is 96.8 Å². The SMILES string of the molecule is CCCCCCCCCCCCCCCCN(CC(=O)[O-])CC(=O)[O-].[Na+].[Na+]. The van der Waals surface area contributed by atoms with Crippen LogP contribution in [0.1, 0.15) is 96.8 Å². The average molecular weight is 401 g/mol. The van der Waals surface area contributed by atoms with Crippen molar-refractivity contribution in [1.29, 1.82) is 0 Å². The monoisotopic (exact) mass is 401 g/mol. The number of carbonyl (C=O) groups excluding carboxylic acids is 2. The molecule has 0 aliphatic heterocycles. The zero-order valence-corrected chi connectivity index (χ0v) is 22.1. The molecule has 0 N–H and O–H groups in total. The number of unbranched alkanes of at least 4 members (excludes halogenated alkanes) is 13. The Morgan fingerprint density at radius 1 is 0.593 bits per heavy atom. The molecular formula is C20H37NNa2O4. The summed E-state index contributed by atoms with van der Waals surface area (Å²) in [5.74, 6) is -2.49. The van der Waals surface area contributed by atoms with Gasteiger partial charge in [-0.1, -0.05) is 90.4 Å². The Labute approximate surface area is 210 Å². The molecule has 0 saturated heterocycles. The van der Waals surface area contributed by atoms with Gasteiger partial charge in [-0.15, -0.1) is 0 Å². The van der Waals surface area contributed by atoms with E-state index in [0.29, 0.717) is 6.54 Å². The molecule has 0 heterocycles. The van der Waals surface area contributed by atoms with Crippen LogP contribution in [0.4, 0.5) is 0 Å². The fourth-order valence-corrected chi connectivity index (χ4v) is 3.11. The second kappa shape index (κ2) is 24.9. The summed E-state index contributed by atoms with van der Waals surface area (Å²) in [6.45, 7) is 2.04. The molecule has 0 radical (unpaired) electrons. The quantitative estimate of drug-likeness (QED) is 0.164. The van der Waals surface area contributed by atoms with E-state index in [1.165, 1.54) is 75.5 Å². The van der Waals surface area contributed by atoms with Crippen LogP contribution in [0.3, 0.4) is 0 Å². The maximum absolute atomic E-state index is 10.6. The van der Waals surface area contributed by atoms with Gasteiger partial charge in [-0.05, 0) is 13.0 Å². The van der Waals surface area contributed by atoms with Gasteiger partial charge in [0.15, 0.2) is 0 Å². The van der Waals surface area contributed by atoms with Gasteiger partial charge in [0.05, 0.1) is 11.9 Å². The van der Waals surface area contributed by atoms with Crippen molar-refractivity contribution < 1.29 is 78.9 Å². The van der Waals surface area contributed by atoms with Crippen molar-refractivity contribution >= 4 is 11.9 Å². The summed E-state index contributed by atoms with van der Waals surface area (Å²) in [6.07, 6.45) is 17.6. The maximum atomic E-state index is 10.6. The van der Waals surface area contributed by atoms with Gasteiger partial charge in [-0.2, -0.15) is 0 Å². The van der Waals surface area contributed by atoms with Crippen LogP contribution in [-0.2, 0) is 9.59 Å². The predicted octanol–water partition coefficient (Wildman–Crippen LogP) is -3.72. The summed E-state index contributed by atoms with van der Waals surface area (Å²) in [7, 11) is 0. The smallest absolute Gasteiger partial charge is 0.549 e. The normalized spacial score (nSPS) is 10.3. The number of carboxylic acid groups (broad SMARTS) is 2. The van der Waals surface area contributed by atoms with Gasteiger partial charge in [-0.3, -0.25) is 4.90 Å². The average Bonchev–Trinajstić information content (AvgIpc) is 2.54. The third kappa shape index (κ3) is 26.9. The number of carboxylic acids is 2. The second-order valence-corrected chi connectivity index (χ2v) is 7.05. The molecule has 27 heavy (non-hydrogen) atoms. The van der Waals surface area contributed by atoms with Gasteiger partial charge in [0.1, 0.15) is 0 Å². The minimum atomic E-state index is -1.24. The summed E-state index contributed by atoms with van der Waals surface area (Å²) in [6, 6.07) is 0.